The molecule has 1 aromatic heterocycles. The number of hydrogen-bond donors (Lipinski definition) is 4. The second kappa shape index (κ2) is 11.5. The van der Waals surface area contributed by atoms with Crippen molar-refractivity contribution in [3.8, 4) is 28.7 Å². The maximum absolute atomic E-state index is 14.9. The van der Waals surface area contributed by atoms with E-state index in [9.17, 15) is 19.8 Å². The van der Waals surface area contributed by atoms with Gasteiger partial charge >= 0.3 is 11.9 Å². The van der Waals surface area contributed by atoms with Gasteiger partial charge < -0.3 is 44.0 Å². The lowest BCUT2D eigenvalue weighted by Gasteiger charge is -2.55. The van der Waals surface area contributed by atoms with E-state index in [0.717, 1.165) is 27.6 Å². The Bertz CT molecular complexity index is 2440. The Hall–Kier alpha value is -4.51. The molecule has 14 nitrogen and oxygen atoms in total. The number of thioether (sulfide) groups is 1. The van der Waals surface area contributed by atoms with Gasteiger partial charge in [0.2, 0.25) is 6.79 Å². The third-order valence-corrected chi connectivity index (χ3v) is 15.0. The first kappa shape index (κ1) is 34.7. The maximum Gasteiger partial charge on any atom is 0.335 e. The van der Waals surface area contributed by atoms with Crippen LogP contribution in [0.1, 0.15) is 75.9 Å². The predicted octanol–water partition coefficient (Wildman–Crippen LogP) is 3.83. The number of fused-ring (bicyclic) bond motifs is 11. The summed E-state index contributed by atoms with van der Waals surface area (Å²) in [5.74, 6) is 1.29. The van der Waals surface area contributed by atoms with Crippen LogP contribution in [0.4, 0.5) is 0 Å². The third-order valence-electron chi connectivity index (χ3n) is 13.5. The van der Waals surface area contributed by atoms with Gasteiger partial charge in [0.25, 0.3) is 0 Å². The maximum atomic E-state index is 14.9. The number of piperazine rings is 1. The van der Waals surface area contributed by atoms with Gasteiger partial charge in [-0.05, 0) is 50.5 Å². The van der Waals surface area contributed by atoms with Crippen molar-refractivity contribution in [2.24, 2.45) is 5.73 Å². The van der Waals surface area contributed by atoms with E-state index in [1.54, 1.807) is 7.11 Å². The van der Waals surface area contributed by atoms with Crippen LogP contribution in [0.15, 0.2) is 34.7 Å². The molecule has 56 heavy (non-hydrogen) atoms. The predicted molar refractivity (Wildman–Crippen MR) is 202 cm³/mol. The van der Waals surface area contributed by atoms with E-state index < -0.39 is 52.6 Å². The van der Waals surface area contributed by atoms with Crippen molar-refractivity contribution < 1.29 is 47.9 Å². The van der Waals surface area contributed by atoms with E-state index in [1.807, 2.05) is 43.0 Å². The number of nitrogens with zero attached hydrogens (tertiary/aromatic N) is 2. The van der Waals surface area contributed by atoms with E-state index in [-0.39, 0.29) is 43.5 Å². The minimum atomic E-state index is -1.45. The fourth-order valence-electron chi connectivity index (χ4n) is 11.3. The number of nitrogens with one attached hydrogen (secondary N) is 1. The number of rotatable bonds is 3. The summed E-state index contributed by atoms with van der Waals surface area (Å²) in [5.41, 5.74) is 10.3. The van der Waals surface area contributed by atoms with Gasteiger partial charge in [-0.3, -0.25) is 19.9 Å². The molecule has 2 unspecified atom stereocenters. The third kappa shape index (κ3) is 4.10. The lowest BCUT2D eigenvalue weighted by atomic mass is 9.76. The largest absolute Gasteiger partial charge is 0.504 e. The van der Waals surface area contributed by atoms with Crippen LogP contribution in [0, 0.1) is 13.8 Å². The second-order valence-electron chi connectivity index (χ2n) is 16.2. The van der Waals surface area contributed by atoms with Crippen LogP contribution in [0.2, 0.25) is 0 Å². The highest BCUT2D eigenvalue weighted by Gasteiger charge is 2.78. The Morgan fingerprint density at radius 3 is 2.68 bits per heavy atom. The highest BCUT2D eigenvalue weighted by atomic mass is 32.2. The molecule has 0 saturated carbocycles. The topological polar surface area (TPSA) is 178 Å². The Balaban J connectivity index is 1.18. The molecular formula is C41H42N4O10S. The van der Waals surface area contributed by atoms with Crippen LogP contribution in [-0.2, 0) is 31.8 Å². The number of aromatic hydroxyl groups is 1. The number of carbonyl (C=O) groups excluding carboxylic acids is 2. The van der Waals surface area contributed by atoms with Crippen molar-refractivity contribution in [3.05, 3.63) is 75.0 Å². The van der Waals surface area contributed by atoms with Gasteiger partial charge in [-0.1, -0.05) is 18.2 Å². The van der Waals surface area contributed by atoms with Crippen molar-refractivity contribution in [1.82, 2.24) is 15.1 Å². The van der Waals surface area contributed by atoms with Gasteiger partial charge in [0.1, 0.15) is 29.9 Å². The Morgan fingerprint density at radius 1 is 1.12 bits per heavy atom. The lowest BCUT2D eigenvalue weighted by Crippen LogP contribution is -2.64. The van der Waals surface area contributed by atoms with Crippen molar-refractivity contribution in [2.75, 3.05) is 32.8 Å². The number of methoxy groups -OCH3 is 1. The molecule has 3 saturated heterocycles. The molecule has 5 N–H and O–H groups in total. The van der Waals surface area contributed by atoms with Crippen LogP contribution in [-0.4, -0.2) is 89.1 Å². The number of nitrogens with two attached hydrogens (primary N) is 1. The number of aryl methyl sites for hydroxylation is 1. The zero-order valence-corrected chi connectivity index (χ0v) is 32.3. The molecule has 0 aliphatic carbocycles. The number of para-hydroxylation sites is 1. The highest BCUT2D eigenvalue weighted by molar-refractivity contribution is 7.99. The average molecular weight is 783 g/mol. The average Bonchev–Trinajstić information content (AvgIpc) is 3.52. The fraction of sp³-hybridized carbons (Fsp3) is 0.463. The summed E-state index contributed by atoms with van der Waals surface area (Å²) < 4.78 is 37.3. The Labute approximate surface area is 326 Å². The minimum Gasteiger partial charge on any atom is -0.504 e. The summed E-state index contributed by atoms with van der Waals surface area (Å²) in [6.45, 7) is 7.25. The number of esters is 2. The fourth-order valence-corrected chi connectivity index (χ4v) is 12.9. The summed E-state index contributed by atoms with van der Waals surface area (Å²) >= 11 is 1.49. The van der Waals surface area contributed by atoms with E-state index in [4.69, 9.17) is 33.8 Å². The highest BCUT2D eigenvalue weighted by Crippen LogP contribution is 2.74. The van der Waals surface area contributed by atoms with Crippen molar-refractivity contribution in [2.45, 2.75) is 86.9 Å². The monoisotopic (exact) mass is 782 g/mol. The van der Waals surface area contributed by atoms with Gasteiger partial charge in [0, 0.05) is 64.5 Å². The van der Waals surface area contributed by atoms with Gasteiger partial charge in [0.05, 0.1) is 36.0 Å². The molecule has 3 aromatic carbocycles. The number of hydrogen-bond acceptors (Lipinski definition) is 15. The number of aliphatic hydroxyl groups excluding tert-OH is 1. The smallest absolute Gasteiger partial charge is 0.335 e. The molecule has 2 bridgehead atoms. The zero-order valence-electron chi connectivity index (χ0n) is 31.5. The van der Waals surface area contributed by atoms with Crippen molar-refractivity contribution in [1.29, 1.82) is 0 Å². The summed E-state index contributed by atoms with van der Waals surface area (Å²) in [7, 11) is 1.55. The quantitative estimate of drug-likeness (QED) is 0.134. The summed E-state index contributed by atoms with van der Waals surface area (Å²) in [5, 5.41) is 28.6. The SMILES string of the molecule is COc1c(C)cc2c(c1O)[C@@H]1[C@@H]3[C@@H]4SC[C@]5(N[C@@H](CN)Cc6c5oc5ccccc65)C(=O)OC[C@@H](c5c6c(c(C)c(OC(C)=O)c54)OCO6)N3[C@@H](O)[C@H]3N1C23C. The first-order chi connectivity index (χ1) is 27.0. The zero-order chi connectivity index (χ0) is 38.7. The van der Waals surface area contributed by atoms with E-state index in [2.05, 4.69) is 23.2 Å². The van der Waals surface area contributed by atoms with Crippen LogP contribution < -0.4 is 30.0 Å². The normalized spacial score (nSPS) is 34.3. The standard InChI is InChI=1S/C41H42N4O10S/c1-16-10-22-25(30(47)31(16)50-5)28-29-35-27-26(34-33(52-15-53-34)17(2)32(27)54-18(3)46)23(44(29)38(48)36-40(22,4)45(28)36)13-51-39(49)41(14-56-35)37-21(11-19(12-42)43-41)20-8-6-7-9-24(20)55-37/h6-10,19,23,28-29,35-36,38,43,47-48H,11-15,42H2,1-5H3/t19-,23+,28-,29-,35-,36-,38+,40?,41-,45?/m1/s1. The minimum absolute atomic E-state index is 0.0533. The molecule has 10 atom stereocenters. The number of ether oxygens (including phenoxy) is 5. The first-order valence-corrected chi connectivity index (χ1v) is 20.1. The molecule has 292 valence electrons. The molecule has 0 amide bonds. The molecule has 8 aliphatic heterocycles. The Kier molecular flexibility index (Phi) is 7.16. The number of carbonyl (C=O) groups is 2. The van der Waals surface area contributed by atoms with Crippen LogP contribution in [0.5, 0.6) is 28.7 Å². The molecule has 8 aliphatic rings. The molecular weight excluding hydrogens is 741 g/mol. The summed E-state index contributed by atoms with van der Waals surface area (Å²) in [4.78, 5) is 32.2. The first-order valence-electron chi connectivity index (χ1n) is 19.0. The molecule has 3 fully saturated rings. The van der Waals surface area contributed by atoms with Crippen molar-refractivity contribution >= 4 is 34.7 Å². The van der Waals surface area contributed by atoms with E-state index in [0.29, 0.717) is 57.5 Å². The summed E-state index contributed by atoms with van der Waals surface area (Å²) in [6.07, 6.45) is -0.451. The van der Waals surface area contributed by atoms with Gasteiger partial charge in [0.15, 0.2) is 28.5 Å². The lowest BCUT2D eigenvalue weighted by molar-refractivity contribution is -0.163. The van der Waals surface area contributed by atoms with Crippen LogP contribution in [0.25, 0.3) is 11.0 Å². The van der Waals surface area contributed by atoms with Crippen LogP contribution >= 0.6 is 11.8 Å². The van der Waals surface area contributed by atoms with E-state index >= 15 is 0 Å². The van der Waals surface area contributed by atoms with Gasteiger partial charge in [-0.15, -0.1) is 11.8 Å². The number of phenols is 1. The van der Waals surface area contributed by atoms with Crippen molar-refractivity contribution in [3.63, 3.8) is 0 Å². The molecule has 12 rings (SSSR count). The Morgan fingerprint density at radius 2 is 1.91 bits per heavy atom. The number of benzene rings is 3. The number of phenolic OH excluding ortho intramolecular Hbond substituents is 1. The van der Waals surface area contributed by atoms with Crippen LogP contribution in [0.3, 0.4) is 0 Å². The molecule has 4 aromatic rings. The summed E-state index contributed by atoms with van der Waals surface area (Å²) in [6, 6.07) is 7.46. The molecule has 15 heteroatoms. The molecule has 9 heterocycles. The molecule has 0 radical (unpaired) electrons. The number of furan rings is 1. The van der Waals surface area contributed by atoms with E-state index in [1.165, 1.54) is 18.7 Å². The van der Waals surface area contributed by atoms with Gasteiger partial charge in [-0.2, -0.15) is 0 Å². The number of aliphatic hydroxyl groups is 1. The molecule has 1 spiro atoms. The second-order valence-corrected chi connectivity index (χ2v) is 17.3. The van der Waals surface area contributed by atoms with Gasteiger partial charge in [-0.25, -0.2) is 4.79 Å².